The second-order valence-corrected chi connectivity index (χ2v) is 4.53. The molecule has 0 aromatic carbocycles. The lowest BCUT2D eigenvalue weighted by molar-refractivity contribution is 1.04. The molecule has 1 aliphatic carbocycles. The second-order valence-electron chi connectivity index (χ2n) is 4.53. The average molecular weight is 224 g/mol. The number of hydrogen-bond donors (Lipinski definition) is 2. The Morgan fingerprint density at radius 1 is 0.941 bits per heavy atom. The lowest BCUT2D eigenvalue weighted by Crippen LogP contribution is -1.88. The number of H-pyrrole nitrogens is 2. The zero-order valence-corrected chi connectivity index (χ0v) is 9.74. The molecular weight excluding hydrogens is 208 g/mol. The monoisotopic (exact) mass is 224 g/mol. The van der Waals surface area contributed by atoms with Crippen molar-refractivity contribution in [2.75, 3.05) is 0 Å². The van der Waals surface area contributed by atoms with Crippen LogP contribution in [0.4, 0.5) is 0 Å². The molecule has 0 saturated carbocycles. The minimum atomic E-state index is 1.02. The van der Waals surface area contributed by atoms with Gasteiger partial charge < -0.3 is 9.97 Å². The van der Waals surface area contributed by atoms with E-state index in [9.17, 15) is 0 Å². The Morgan fingerprint density at radius 3 is 2.29 bits per heavy atom. The van der Waals surface area contributed by atoms with Crippen molar-refractivity contribution >= 4 is 0 Å². The van der Waals surface area contributed by atoms with Gasteiger partial charge in [0.2, 0.25) is 0 Å². The number of aromatic nitrogens is 2. The molecule has 2 aromatic heterocycles. The van der Waals surface area contributed by atoms with Gasteiger partial charge in [-0.1, -0.05) is 17.7 Å². The highest BCUT2D eigenvalue weighted by Crippen LogP contribution is 2.23. The average Bonchev–Trinajstić information content (AvgIpc) is 3.02. The van der Waals surface area contributed by atoms with E-state index in [1.807, 2.05) is 18.5 Å². The molecule has 0 amide bonds. The minimum Gasteiger partial charge on any atom is -0.365 e. The van der Waals surface area contributed by atoms with E-state index >= 15 is 0 Å². The van der Waals surface area contributed by atoms with Gasteiger partial charge in [0.25, 0.3) is 0 Å². The fraction of sp³-hybridized carbons (Fsp3) is 0.200. The van der Waals surface area contributed by atoms with Crippen LogP contribution in [-0.2, 0) is 12.8 Å². The summed E-state index contributed by atoms with van der Waals surface area (Å²) >= 11 is 0. The van der Waals surface area contributed by atoms with Gasteiger partial charge in [0.15, 0.2) is 0 Å². The van der Waals surface area contributed by atoms with Gasteiger partial charge in [0.05, 0.1) is 0 Å². The lowest BCUT2D eigenvalue weighted by Gasteiger charge is -1.98. The van der Waals surface area contributed by atoms with Crippen molar-refractivity contribution in [3.63, 3.8) is 0 Å². The molecule has 0 spiro atoms. The maximum Gasteiger partial charge on any atom is 0.0191 e. The van der Waals surface area contributed by atoms with Gasteiger partial charge in [-0.05, 0) is 36.3 Å². The molecule has 1 aliphatic rings. The van der Waals surface area contributed by atoms with E-state index in [4.69, 9.17) is 0 Å². The fourth-order valence-electron chi connectivity index (χ4n) is 2.31. The summed E-state index contributed by atoms with van der Waals surface area (Å²) < 4.78 is 0. The molecule has 86 valence electrons. The third kappa shape index (κ3) is 2.41. The highest BCUT2D eigenvalue weighted by atomic mass is 14.7. The Balaban J connectivity index is 1.64. The van der Waals surface area contributed by atoms with Crippen molar-refractivity contribution in [3.8, 4) is 0 Å². The molecule has 0 atom stereocenters. The van der Waals surface area contributed by atoms with Crippen LogP contribution < -0.4 is 0 Å². The SMILES string of the molecule is C1=C(Cc2ccc[nH]2)C=C(Cc2ccc[nH]2)C1. The van der Waals surface area contributed by atoms with Crippen molar-refractivity contribution in [1.29, 1.82) is 0 Å². The molecule has 17 heavy (non-hydrogen) atoms. The molecule has 2 N–H and O–H groups in total. The van der Waals surface area contributed by atoms with Crippen molar-refractivity contribution in [1.82, 2.24) is 9.97 Å². The summed E-state index contributed by atoms with van der Waals surface area (Å²) in [6, 6.07) is 8.38. The van der Waals surface area contributed by atoms with E-state index in [1.165, 1.54) is 22.5 Å². The Morgan fingerprint density at radius 2 is 1.65 bits per heavy atom. The Bertz CT molecular complexity index is 528. The first-order valence-electron chi connectivity index (χ1n) is 6.03. The first kappa shape index (κ1) is 10.2. The standard InChI is InChI=1S/C15H16N2/c1-3-14(16-7-1)10-12-5-6-13(9-12)11-15-4-2-8-17-15/h1-5,7-9,16-17H,6,10-11H2. The summed E-state index contributed by atoms with van der Waals surface area (Å²) in [7, 11) is 0. The summed E-state index contributed by atoms with van der Waals surface area (Å²) in [5.41, 5.74) is 5.50. The number of nitrogens with one attached hydrogen (secondary N) is 2. The predicted octanol–water partition coefficient (Wildman–Crippen LogP) is 3.38. The largest absolute Gasteiger partial charge is 0.365 e. The highest BCUT2D eigenvalue weighted by molar-refractivity contribution is 5.37. The Kier molecular flexibility index (Phi) is 2.70. The van der Waals surface area contributed by atoms with Crippen LogP contribution in [0.2, 0.25) is 0 Å². The number of aromatic amines is 2. The molecule has 3 rings (SSSR count). The normalized spacial score (nSPS) is 14.8. The number of hydrogen-bond acceptors (Lipinski definition) is 0. The summed E-state index contributed by atoms with van der Waals surface area (Å²) in [6.45, 7) is 0. The highest BCUT2D eigenvalue weighted by Gasteiger charge is 2.08. The van der Waals surface area contributed by atoms with Crippen LogP contribution in [0, 0.1) is 0 Å². The third-order valence-corrected chi connectivity index (χ3v) is 3.15. The Hall–Kier alpha value is -1.96. The molecule has 2 heteroatoms. The van der Waals surface area contributed by atoms with Gasteiger partial charge in [-0.15, -0.1) is 0 Å². The molecule has 2 nitrogen and oxygen atoms in total. The topological polar surface area (TPSA) is 31.6 Å². The molecule has 0 unspecified atom stereocenters. The molecule has 2 aromatic rings. The summed E-state index contributed by atoms with van der Waals surface area (Å²) in [5.74, 6) is 0. The van der Waals surface area contributed by atoms with E-state index in [0.717, 1.165) is 19.3 Å². The predicted molar refractivity (Wildman–Crippen MR) is 69.8 cm³/mol. The first-order valence-corrected chi connectivity index (χ1v) is 6.03. The molecular formula is C15H16N2. The third-order valence-electron chi connectivity index (χ3n) is 3.15. The van der Waals surface area contributed by atoms with Gasteiger partial charge in [0, 0.05) is 36.6 Å². The van der Waals surface area contributed by atoms with E-state index < -0.39 is 0 Å². The summed E-state index contributed by atoms with van der Waals surface area (Å²) in [4.78, 5) is 6.50. The quantitative estimate of drug-likeness (QED) is 0.798. The fourth-order valence-corrected chi connectivity index (χ4v) is 2.31. The summed E-state index contributed by atoms with van der Waals surface area (Å²) in [5, 5.41) is 0. The van der Waals surface area contributed by atoms with Crippen LogP contribution in [0.5, 0.6) is 0 Å². The summed E-state index contributed by atoms with van der Waals surface area (Å²) in [6.07, 6.45) is 11.8. The molecule has 0 saturated heterocycles. The molecule has 0 aliphatic heterocycles. The first-order chi connectivity index (χ1) is 8.40. The van der Waals surface area contributed by atoms with Gasteiger partial charge in [0.1, 0.15) is 0 Å². The number of allylic oxidation sites excluding steroid dienone is 4. The second kappa shape index (κ2) is 4.50. The lowest BCUT2D eigenvalue weighted by atomic mass is 10.1. The van der Waals surface area contributed by atoms with Crippen molar-refractivity contribution in [3.05, 3.63) is 71.3 Å². The van der Waals surface area contributed by atoms with Gasteiger partial charge in [-0.25, -0.2) is 0 Å². The van der Waals surface area contributed by atoms with Crippen LogP contribution in [0.3, 0.4) is 0 Å². The van der Waals surface area contributed by atoms with Crippen LogP contribution in [0.15, 0.2) is 60.0 Å². The maximum absolute atomic E-state index is 3.25. The van der Waals surface area contributed by atoms with Gasteiger partial charge in [-0.2, -0.15) is 0 Å². The van der Waals surface area contributed by atoms with Crippen LogP contribution in [0.1, 0.15) is 17.8 Å². The van der Waals surface area contributed by atoms with Crippen LogP contribution in [-0.4, -0.2) is 9.97 Å². The molecule has 0 radical (unpaired) electrons. The zero-order chi connectivity index (χ0) is 11.5. The van der Waals surface area contributed by atoms with E-state index in [0.29, 0.717) is 0 Å². The van der Waals surface area contributed by atoms with Crippen molar-refractivity contribution in [2.45, 2.75) is 19.3 Å². The van der Waals surface area contributed by atoms with E-state index in [2.05, 4.69) is 40.3 Å². The molecule has 0 fully saturated rings. The van der Waals surface area contributed by atoms with Crippen molar-refractivity contribution in [2.24, 2.45) is 0 Å². The minimum absolute atomic E-state index is 1.02. The van der Waals surface area contributed by atoms with Gasteiger partial charge in [-0.3, -0.25) is 0 Å². The molecule has 0 bridgehead atoms. The van der Waals surface area contributed by atoms with Crippen LogP contribution in [0.25, 0.3) is 0 Å². The zero-order valence-electron chi connectivity index (χ0n) is 9.74. The van der Waals surface area contributed by atoms with Crippen molar-refractivity contribution < 1.29 is 0 Å². The van der Waals surface area contributed by atoms with Gasteiger partial charge >= 0.3 is 0 Å². The molecule has 2 heterocycles. The van der Waals surface area contributed by atoms with Crippen LogP contribution >= 0.6 is 0 Å². The number of rotatable bonds is 4. The van der Waals surface area contributed by atoms with E-state index in [1.54, 1.807) is 0 Å². The maximum atomic E-state index is 3.25. The van der Waals surface area contributed by atoms with E-state index in [-0.39, 0.29) is 0 Å². The Labute approximate surface area is 101 Å². The smallest absolute Gasteiger partial charge is 0.0191 e.